The van der Waals surface area contributed by atoms with E-state index in [1.165, 1.54) is 12.1 Å². The van der Waals surface area contributed by atoms with Crippen LogP contribution in [0.2, 0.25) is 5.02 Å². The topological polar surface area (TPSA) is 92.0 Å². The van der Waals surface area contributed by atoms with Gasteiger partial charge in [0.15, 0.2) is 0 Å². The van der Waals surface area contributed by atoms with E-state index in [0.717, 1.165) is 22.4 Å². The molecule has 2 aliphatic heterocycles. The maximum atomic E-state index is 13.5. The number of amides is 1. The summed E-state index contributed by atoms with van der Waals surface area (Å²) in [6.07, 6.45) is 0. The second-order valence-corrected chi connectivity index (χ2v) is 8.78. The molecule has 0 N–H and O–H groups in total. The highest BCUT2D eigenvalue weighted by Gasteiger charge is 2.28. The fourth-order valence-corrected chi connectivity index (χ4v) is 4.64. The summed E-state index contributed by atoms with van der Waals surface area (Å²) < 4.78 is 5.42. The third-order valence-electron chi connectivity index (χ3n) is 6.30. The monoisotopic (exact) mass is 481 g/mol. The van der Waals surface area contributed by atoms with E-state index in [4.69, 9.17) is 21.3 Å². The number of nitrogens with zero attached hydrogens (tertiary/aromatic N) is 5. The van der Waals surface area contributed by atoms with Crippen molar-refractivity contribution in [2.45, 2.75) is 0 Å². The van der Waals surface area contributed by atoms with Crippen molar-refractivity contribution in [1.29, 1.82) is 0 Å². The van der Waals surface area contributed by atoms with E-state index in [2.05, 4.69) is 9.80 Å². The Bertz CT molecular complexity index is 1240. The van der Waals surface area contributed by atoms with Crippen LogP contribution in [-0.2, 0) is 4.74 Å². The number of nitro benzene ring substituents is 1. The minimum absolute atomic E-state index is 0.0838. The van der Waals surface area contributed by atoms with Gasteiger partial charge in [0.25, 0.3) is 11.6 Å². The van der Waals surface area contributed by atoms with Gasteiger partial charge in [0.1, 0.15) is 5.82 Å². The Kier molecular flexibility index (Phi) is 6.21. The number of halogens is 1. The average Bonchev–Trinajstić information content (AvgIpc) is 2.88. The molecule has 10 heteroatoms. The molecule has 3 aromatic rings. The molecule has 9 nitrogen and oxygen atoms in total. The van der Waals surface area contributed by atoms with Gasteiger partial charge in [0.05, 0.1) is 34.9 Å². The summed E-state index contributed by atoms with van der Waals surface area (Å²) in [5.41, 5.74) is 1.87. The molecule has 0 aliphatic carbocycles. The van der Waals surface area contributed by atoms with Crippen molar-refractivity contribution in [3.05, 3.63) is 69.2 Å². The molecule has 176 valence electrons. The second-order valence-electron chi connectivity index (χ2n) is 8.34. The molecule has 0 spiro atoms. The lowest BCUT2D eigenvalue weighted by molar-refractivity contribution is -0.384. The van der Waals surface area contributed by atoms with Gasteiger partial charge < -0.3 is 19.4 Å². The number of fused-ring (bicyclic) bond motifs is 1. The molecule has 0 radical (unpaired) electrons. The number of aromatic nitrogens is 1. The van der Waals surface area contributed by atoms with Crippen molar-refractivity contribution in [3.63, 3.8) is 0 Å². The zero-order valence-electron chi connectivity index (χ0n) is 18.5. The van der Waals surface area contributed by atoms with Gasteiger partial charge in [0.2, 0.25) is 0 Å². The van der Waals surface area contributed by atoms with Crippen molar-refractivity contribution >= 4 is 45.6 Å². The first-order valence-electron chi connectivity index (χ1n) is 11.2. The van der Waals surface area contributed by atoms with Gasteiger partial charge in [-0.25, -0.2) is 4.98 Å². The Labute approximate surface area is 201 Å². The predicted octanol–water partition coefficient (Wildman–Crippen LogP) is 3.60. The number of nitro groups is 1. The summed E-state index contributed by atoms with van der Waals surface area (Å²) in [6.45, 7) is 4.67. The van der Waals surface area contributed by atoms with Crippen LogP contribution in [-0.4, -0.2) is 73.2 Å². The first-order valence-corrected chi connectivity index (χ1v) is 11.6. The van der Waals surface area contributed by atoms with Crippen LogP contribution in [0.15, 0.2) is 48.5 Å². The SMILES string of the molecule is O=C(c1cc([N+](=O)[O-])ccc1N1CCOCC1)N1CCN(c2ccc3cc(Cl)ccc3n2)CC1. The van der Waals surface area contributed by atoms with Gasteiger partial charge in [-0.05, 0) is 36.4 Å². The number of hydrogen-bond acceptors (Lipinski definition) is 7. The molecule has 2 fully saturated rings. The molecule has 1 aromatic heterocycles. The molecule has 2 aliphatic rings. The first-order chi connectivity index (χ1) is 16.5. The summed E-state index contributed by atoms with van der Waals surface area (Å²) in [4.78, 5) is 35.1. The quantitative estimate of drug-likeness (QED) is 0.415. The lowest BCUT2D eigenvalue weighted by Crippen LogP contribution is -2.49. The summed E-state index contributed by atoms with van der Waals surface area (Å²) in [5.74, 6) is 0.664. The van der Waals surface area contributed by atoms with Crippen molar-refractivity contribution in [2.75, 3.05) is 62.3 Å². The normalized spacial score (nSPS) is 16.7. The Balaban J connectivity index is 1.34. The van der Waals surface area contributed by atoms with Gasteiger partial charge in [-0.15, -0.1) is 0 Å². The fraction of sp³-hybridized carbons (Fsp3) is 0.333. The van der Waals surface area contributed by atoms with Crippen molar-refractivity contribution in [3.8, 4) is 0 Å². The predicted molar refractivity (Wildman–Crippen MR) is 131 cm³/mol. The van der Waals surface area contributed by atoms with Crippen molar-refractivity contribution < 1.29 is 14.5 Å². The highest BCUT2D eigenvalue weighted by atomic mass is 35.5. The Hall–Kier alpha value is -3.43. The van der Waals surface area contributed by atoms with E-state index < -0.39 is 4.92 Å². The van der Waals surface area contributed by atoms with Gasteiger partial charge in [0, 0.05) is 61.8 Å². The van der Waals surface area contributed by atoms with Gasteiger partial charge in [-0.3, -0.25) is 14.9 Å². The number of rotatable bonds is 4. The van der Waals surface area contributed by atoms with Crippen LogP contribution in [0.25, 0.3) is 10.9 Å². The van der Waals surface area contributed by atoms with E-state index in [1.807, 2.05) is 30.3 Å². The van der Waals surface area contributed by atoms with E-state index in [-0.39, 0.29) is 11.6 Å². The lowest BCUT2D eigenvalue weighted by Gasteiger charge is -2.36. The Morgan fingerprint density at radius 3 is 2.44 bits per heavy atom. The number of piperazine rings is 1. The largest absolute Gasteiger partial charge is 0.378 e. The van der Waals surface area contributed by atoms with Crippen molar-refractivity contribution in [2.24, 2.45) is 0 Å². The second kappa shape index (κ2) is 9.44. The zero-order chi connectivity index (χ0) is 23.7. The molecular formula is C24H24ClN5O4. The molecule has 34 heavy (non-hydrogen) atoms. The van der Waals surface area contributed by atoms with Crippen LogP contribution in [0, 0.1) is 10.1 Å². The maximum absolute atomic E-state index is 13.5. The molecule has 2 saturated heterocycles. The van der Waals surface area contributed by atoms with Gasteiger partial charge >= 0.3 is 0 Å². The maximum Gasteiger partial charge on any atom is 0.270 e. The van der Waals surface area contributed by atoms with Crippen LogP contribution in [0.5, 0.6) is 0 Å². The summed E-state index contributed by atoms with van der Waals surface area (Å²) in [5, 5.41) is 13.0. The van der Waals surface area contributed by atoms with E-state index in [0.29, 0.717) is 63.1 Å². The molecule has 1 amide bonds. The van der Waals surface area contributed by atoms with Gasteiger partial charge in [-0.2, -0.15) is 0 Å². The summed E-state index contributed by atoms with van der Waals surface area (Å²) in [7, 11) is 0. The summed E-state index contributed by atoms with van der Waals surface area (Å²) in [6, 6.07) is 14.1. The number of anilines is 2. The first kappa shape index (κ1) is 22.4. The third-order valence-corrected chi connectivity index (χ3v) is 6.54. The molecule has 0 unspecified atom stereocenters. The van der Waals surface area contributed by atoms with Gasteiger partial charge in [-0.1, -0.05) is 11.6 Å². The number of carbonyl (C=O) groups is 1. The van der Waals surface area contributed by atoms with Crippen LogP contribution in [0.1, 0.15) is 10.4 Å². The highest BCUT2D eigenvalue weighted by Crippen LogP contribution is 2.29. The number of carbonyl (C=O) groups excluding carboxylic acids is 1. The highest BCUT2D eigenvalue weighted by molar-refractivity contribution is 6.31. The smallest absolute Gasteiger partial charge is 0.270 e. The van der Waals surface area contributed by atoms with Crippen LogP contribution in [0.3, 0.4) is 0 Å². The fourth-order valence-electron chi connectivity index (χ4n) is 4.46. The molecule has 5 rings (SSSR count). The van der Waals surface area contributed by atoms with E-state index >= 15 is 0 Å². The van der Waals surface area contributed by atoms with Crippen molar-refractivity contribution in [1.82, 2.24) is 9.88 Å². The molecule has 0 bridgehead atoms. The Morgan fingerprint density at radius 2 is 1.71 bits per heavy atom. The van der Waals surface area contributed by atoms with Crippen LogP contribution >= 0.6 is 11.6 Å². The molecule has 2 aromatic carbocycles. The minimum Gasteiger partial charge on any atom is -0.378 e. The number of hydrogen-bond donors (Lipinski definition) is 0. The molecule has 3 heterocycles. The minimum atomic E-state index is -0.462. The standard InChI is InChI=1S/C24H24ClN5O4/c25-18-2-4-21-17(15-18)1-6-23(26-21)28-7-9-29(10-8-28)24(31)20-16-19(30(32)33)3-5-22(20)27-11-13-34-14-12-27/h1-6,15-16H,7-14H2. The van der Waals surface area contributed by atoms with E-state index in [1.54, 1.807) is 11.0 Å². The molecular weight excluding hydrogens is 458 g/mol. The summed E-state index contributed by atoms with van der Waals surface area (Å²) >= 11 is 6.07. The molecule has 0 saturated carbocycles. The number of pyridine rings is 1. The van der Waals surface area contributed by atoms with Crippen LogP contribution in [0.4, 0.5) is 17.2 Å². The number of benzene rings is 2. The number of non-ortho nitro benzene ring substituents is 1. The van der Waals surface area contributed by atoms with E-state index in [9.17, 15) is 14.9 Å². The number of morpholine rings is 1. The Morgan fingerprint density at radius 1 is 0.941 bits per heavy atom. The number of ether oxygens (including phenoxy) is 1. The van der Waals surface area contributed by atoms with Crippen LogP contribution < -0.4 is 9.80 Å². The zero-order valence-corrected chi connectivity index (χ0v) is 19.3. The molecule has 0 atom stereocenters. The third kappa shape index (κ3) is 4.49. The lowest BCUT2D eigenvalue weighted by atomic mass is 10.1. The average molecular weight is 482 g/mol.